The van der Waals surface area contributed by atoms with Crippen LogP contribution in [0.4, 0.5) is 4.79 Å². The molecule has 1 fully saturated rings. The van der Waals surface area contributed by atoms with Crippen molar-refractivity contribution in [3.63, 3.8) is 0 Å². The summed E-state index contributed by atoms with van der Waals surface area (Å²) in [6.45, 7) is 2.59. The van der Waals surface area contributed by atoms with Gasteiger partial charge in [-0.3, -0.25) is 4.98 Å². The van der Waals surface area contributed by atoms with Crippen LogP contribution in [0.1, 0.15) is 31.7 Å². The van der Waals surface area contributed by atoms with E-state index in [2.05, 4.69) is 15.6 Å². The second-order valence-electron chi connectivity index (χ2n) is 5.45. The highest BCUT2D eigenvalue weighted by atomic mass is 16.3. The van der Waals surface area contributed by atoms with Crippen molar-refractivity contribution < 1.29 is 9.90 Å². The predicted molar refractivity (Wildman–Crippen MR) is 72.4 cm³/mol. The van der Waals surface area contributed by atoms with Crippen LogP contribution in [-0.4, -0.2) is 28.8 Å². The van der Waals surface area contributed by atoms with Gasteiger partial charge in [-0.05, 0) is 24.5 Å². The molecule has 1 aromatic rings. The van der Waals surface area contributed by atoms with Crippen LogP contribution >= 0.6 is 0 Å². The van der Waals surface area contributed by atoms with E-state index < -0.39 is 0 Å². The Hall–Kier alpha value is -1.62. The summed E-state index contributed by atoms with van der Waals surface area (Å²) in [7, 11) is 0. The standard InChI is InChI=1S/C14H21N3O2/c1-14(10-18)6-2-5-12(14)17-13(19)16-9-11-4-3-7-15-8-11/h3-4,7-8,12,18H,2,5-6,9-10H2,1H3,(H2,16,17,19). The lowest BCUT2D eigenvalue weighted by Gasteiger charge is -2.30. The fourth-order valence-corrected chi connectivity index (χ4v) is 2.56. The number of urea groups is 1. The van der Waals surface area contributed by atoms with Crippen molar-refractivity contribution in [2.75, 3.05) is 6.61 Å². The van der Waals surface area contributed by atoms with Gasteiger partial charge in [0.25, 0.3) is 0 Å². The number of amides is 2. The summed E-state index contributed by atoms with van der Waals surface area (Å²) in [6, 6.07) is 3.62. The van der Waals surface area contributed by atoms with E-state index in [1.54, 1.807) is 12.4 Å². The second kappa shape index (κ2) is 6.02. The number of nitrogens with zero attached hydrogens (tertiary/aromatic N) is 1. The maximum Gasteiger partial charge on any atom is 0.315 e. The molecule has 2 atom stereocenters. The Bertz CT molecular complexity index is 424. The number of nitrogens with one attached hydrogen (secondary N) is 2. The van der Waals surface area contributed by atoms with Gasteiger partial charge in [0.1, 0.15) is 0 Å². The molecule has 1 aromatic heterocycles. The van der Waals surface area contributed by atoms with Gasteiger partial charge in [-0.25, -0.2) is 4.79 Å². The molecule has 0 aliphatic heterocycles. The Morgan fingerprint density at radius 2 is 2.47 bits per heavy atom. The van der Waals surface area contributed by atoms with Crippen LogP contribution in [-0.2, 0) is 6.54 Å². The highest BCUT2D eigenvalue weighted by Gasteiger charge is 2.38. The van der Waals surface area contributed by atoms with E-state index in [9.17, 15) is 9.90 Å². The number of pyridine rings is 1. The summed E-state index contributed by atoms with van der Waals surface area (Å²) >= 11 is 0. The molecule has 0 radical (unpaired) electrons. The number of carbonyl (C=O) groups is 1. The molecule has 0 saturated heterocycles. The monoisotopic (exact) mass is 263 g/mol. The molecule has 5 heteroatoms. The number of rotatable bonds is 4. The van der Waals surface area contributed by atoms with Gasteiger partial charge < -0.3 is 15.7 Å². The summed E-state index contributed by atoms with van der Waals surface area (Å²) in [5, 5.41) is 15.2. The molecule has 19 heavy (non-hydrogen) atoms. The molecule has 2 unspecified atom stereocenters. The molecule has 5 nitrogen and oxygen atoms in total. The molecule has 3 N–H and O–H groups in total. The zero-order chi connectivity index (χ0) is 13.7. The summed E-state index contributed by atoms with van der Waals surface area (Å²) in [6.07, 6.45) is 6.36. The van der Waals surface area contributed by atoms with Crippen LogP contribution in [0.2, 0.25) is 0 Å². The van der Waals surface area contributed by atoms with Gasteiger partial charge in [-0.2, -0.15) is 0 Å². The minimum Gasteiger partial charge on any atom is -0.396 e. The highest BCUT2D eigenvalue weighted by molar-refractivity contribution is 5.74. The predicted octanol–water partition coefficient (Wildman–Crippen LogP) is 1.43. The van der Waals surface area contributed by atoms with Gasteiger partial charge in [0.05, 0.1) is 6.61 Å². The fourth-order valence-electron chi connectivity index (χ4n) is 2.56. The highest BCUT2D eigenvalue weighted by Crippen LogP contribution is 2.37. The van der Waals surface area contributed by atoms with Gasteiger partial charge in [0.2, 0.25) is 0 Å². The third-order valence-corrected chi connectivity index (χ3v) is 3.92. The Morgan fingerprint density at radius 3 is 3.16 bits per heavy atom. The van der Waals surface area contributed by atoms with Gasteiger partial charge in [-0.15, -0.1) is 0 Å². The van der Waals surface area contributed by atoms with Crippen molar-refractivity contribution in [3.8, 4) is 0 Å². The first-order valence-electron chi connectivity index (χ1n) is 6.68. The summed E-state index contributed by atoms with van der Waals surface area (Å²) in [5.41, 5.74) is 0.778. The van der Waals surface area contributed by atoms with Crippen LogP contribution in [0, 0.1) is 5.41 Å². The fraction of sp³-hybridized carbons (Fsp3) is 0.571. The lowest BCUT2D eigenvalue weighted by molar-refractivity contribution is 0.121. The molecule has 2 amide bonds. The van der Waals surface area contributed by atoms with Gasteiger partial charge in [0.15, 0.2) is 0 Å². The molecule has 0 bridgehead atoms. The molecule has 0 aromatic carbocycles. The van der Waals surface area contributed by atoms with Crippen molar-refractivity contribution >= 4 is 6.03 Å². The van der Waals surface area contributed by atoms with Crippen LogP contribution in [0.15, 0.2) is 24.5 Å². The third kappa shape index (κ3) is 3.44. The molecule has 2 rings (SSSR count). The quantitative estimate of drug-likeness (QED) is 0.769. The summed E-state index contributed by atoms with van der Waals surface area (Å²) in [5.74, 6) is 0. The summed E-state index contributed by atoms with van der Waals surface area (Å²) in [4.78, 5) is 15.8. The Morgan fingerprint density at radius 1 is 1.63 bits per heavy atom. The average molecular weight is 263 g/mol. The summed E-state index contributed by atoms with van der Waals surface area (Å²) < 4.78 is 0. The normalized spacial score (nSPS) is 26.1. The van der Waals surface area contributed by atoms with Crippen molar-refractivity contribution in [1.29, 1.82) is 0 Å². The second-order valence-corrected chi connectivity index (χ2v) is 5.45. The molecular formula is C14H21N3O2. The molecule has 0 spiro atoms. The van der Waals surface area contributed by atoms with E-state index in [0.717, 1.165) is 24.8 Å². The topological polar surface area (TPSA) is 74.2 Å². The first-order valence-corrected chi connectivity index (χ1v) is 6.68. The van der Waals surface area contributed by atoms with Crippen molar-refractivity contribution in [1.82, 2.24) is 15.6 Å². The molecule has 1 heterocycles. The van der Waals surface area contributed by atoms with E-state index in [4.69, 9.17) is 0 Å². The average Bonchev–Trinajstić information content (AvgIpc) is 2.80. The number of aromatic nitrogens is 1. The minimum absolute atomic E-state index is 0.0476. The zero-order valence-electron chi connectivity index (χ0n) is 11.2. The van der Waals surface area contributed by atoms with Crippen molar-refractivity contribution in [3.05, 3.63) is 30.1 Å². The number of hydrogen-bond acceptors (Lipinski definition) is 3. The Labute approximate surface area is 113 Å². The number of hydrogen-bond donors (Lipinski definition) is 3. The van der Waals surface area contributed by atoms with E-state index in [1.807, 2.05) is 19.1 Å². The molecule has 1 saturated carbocycles. The molecular weight excluding hydrogens is 242 g/mol. The van der Waals surface area contributed by atoms with Crippen LogP contribution in [0.25, 0.3) is 0 Å². The molecule has 1 aliphatic rings. The van der Waals surface area contributed by atoms with Crippen molar-refractivity contribution in [2.24, 2.45) is 5.41 Å². The van der Waals surface area contributed by atoms with Gasteiger partial charge >= 0.3 is 6.03 Å². The van der Waals surface area contributed by atoms with Crippen molar-refractivity contribution in [2.45, 2.75) is 38.8 Å². The van der Waals surface area contributed by atoms with Gasteiger partial charge in [0, 0.05) is 30.4 Å². The smallest absolute Gasteiger partial charge is 0.315 e. The molecule has 1 aliphatic carbocycles. The van der Waals surface area contributed by atoms with Crippen LogP contribution in [0.5, 0.6) is 0 Å². The van der Waals surface area contributed by atoms with E-state index in [-0.39, 0.29) is 24.1 Å². The number of carbonyl (C=O) groups excluding carboxylic acids is 1. The van der Waals surface area contributed by atoms with Crippen LogP contribution < -0.4 is 10.6 Å². The minimum atomic E-state index is -0.189. The van der Waals surface area contributed by atoms with Crippen LogP contribution in [0.3, 0.4) is 0 Å². The lowest BCUT2D eigenvalue weighted by atomic mass is 9.86. The van der Waals surface area contributed by atoms with E-state index in [1.165, 1.54) is 0 Å². The SMILES string of the molecule is CC1(CO)CCCC1NC(=O)NCc1cccnc1. The van der Waals surface area contributed by atoms with E-state index in [0.29, 0.717) is 6.54 Å². The van der Waals surface area contributed by atoms with E-state index >= 15 is 0 Å². The number of aliphatic hydroxyl groups is 1. The molecule has 104 valence electrons. The first-order chi connectivity index (χ1) is 9.14. The zero-order valence-corrected chi connectivity index (χ0v) is 11.2. The van der Waals surface area contributed by atoms with Gasteiger partial charge in [-0.1, -0.05) is 19.4 Å². The maximum atomic E-state index is 11.9. The Balaban J connectivity index is 1.81. The largest absolute Gasteiger partial charge is 0.396 e. The third-order valence-electron chi connectivity index (χ3n) is 3.92. The Kier molecular flexibility index (Phi) is 4.37. The number of aliphatic hydroxyl groups excluding tert-OH is 1. The maximum absolute atomic E-state index is 11.9. The lowest BCUT2D eigenvalue weighted by Crippen LogP contribution is -2.48. The first kappa shape index (κ1) is 13.8.